The molecule has 1 rings (SSSR count). The zero-order chi connectivity index (χ0) is 14.3. The molecule has 2 N–H and O–H groups in total. The summed E-state index contributed by atoms with van der Waals surface area (Å²) in [7, 11) is 0. The Bertz CT molecular complexity index is 454. The standard InChI is InChI=1S/C13H19N3O3/c1-4-6-10-8-11(16-15-10)13(18)19-9(3)12(17)14-7-5-2/h5,8-9H,2,4,6-7H2,1,3H3,(H,14,17)(H,15,16). The van der Waals surface area contributed by atoms with E-state index < -0.39 is 12.1 Å². The van der Waals surface area contributed by atoms with E-state index in [-0.39, 0.29) is 11.6 Å². The van der Waals surface area contributed by atoms with Gasteiger partial charge in [-0.1, -0.05) is 19.4 Å². The second-order valence-corrected chi connectivity index (χ2v) is 4.11. The van der Waals surface area contributed by atoms with Crippen LogP contribution in [0.4, 0.5) is 0 Å². The van der Waals surface area contributed by atoms with Crippen LogP contribution in [-0.2, 0) is 16.0 Å². The molecule has 1 atom stereocenters. The smallest absolute Gasteiger partial charge is 0.359 e. The number of carbonyl (C=O) groups excluding carboxylic acids is 2. The van der Waals surface area contributed by atoms with E-state index in [2.05, 4.69) is 22.1 Å². The fourth-order valence-corrected chi connectivity index (χ4v) is 1.45. The first kappa shape index (κ1) is 14.9. The van der Waals surface area contributed by atoms with Crippen molar-refractivity contribution in [1.29, 1.82) is 0 Å². The third-order valence-corrected chi connectivity index (χ3v) is 2.43. The summed E-state index contributed by atoms with van der Waals surface area (Å²) in [6.07, 6.45) is 2.46. The van der Waals surface area contributed by atoms with Gasteiger partial charge in [-0.2, -0.15) is 5.10 Å². The Morgan fingerprint density at radius 1 is 1.63 bits per heavy atom. The van der Waals surface area contributed by atoms with Crippen LogP contribution in [0.2, 0.25) is 0 Å². The number of H-pyrrole nitrogens is 1. The van der Waals surface area contributed by atoms with Crippen LogP contribution in [0.1, 0.15) is 36.5 Å². The molecule has 1 aromatic heterocycles. The quantitative estimate of drug-likeness (QED) is 0.573. The first-order valence-electron chi connectivity index (χ1n) is 6.22. The third-order valence-electron chi connectivity index (χ3n) is 2.43. The van der Waals surface area contributed by atoms with Gasteiger partial charge in [0.05, 0.1) is 0 Å². The lowest BCUT2D eigenvalue weighted by Crippen LogP contribution is -2.35. The highest BCUT2D eigenvalue weighted by Gasteiger charge is 2.20. The summed E-state index contributed by atoms with van der Waals surface area (Å²) in [6.45, 7) is 7.36. The van der Waals surface area contributed by atoms with Gasteiger partial charge in [-0.25, -0.2) is 4.79 Å². The number of aromatic amines is 1. The number of ether oxygens (including phenoxy) is 1. The van der Waals surface area contributed by atoms with E-state index in [1.807, 2.05) is 6.92 Å². The minimum absolute atomic E-state index is 0.187. The third kappa shape index (κ3) is 4.57. The number of aryl methyl sites for hydroxylation is 1. The second kappa shape index (κ2) is 7.35. The van der Waals surface area contributed by atoms with Gasteiger partial charge in [0.15, 0.2) is 11.8 Å². The molecule has 0 aliphatic carbocycles. The van der Waals surface area contributed by atoms with Crippen LogP contribution in [0.5, 0.6) is 0 Å². The summed E-state index contributed by atoms with van der Waals surface area (Å²) >= 11 is 0. The number of amides is 1. The van der Waals surface area contributed by atoms with E-state index in [9.17, 15) is 9.59 Å². The molecule has 6 heteroatoms. The van der Waals surface area contributed by atoms with Crippen LogP contribution < -0.4 is 5.32 Å². The average molecular weight is 265 g/mol. The Kier molecular flexibility index (Phi) is 5.78. The summed E-state index contributed by atoms with van der Waals surface area (Å²) in [5, 5.41) is 9.17. The van der Waals surface area contributed by atoms with Crippen molar-refractivity contribution in [1.82, 2.24) is 15.5 Å². The maximum Gasteiger partial charge on any atom is 0.359 e. The molecular weight excluding hydrogens is 246 g/mol. The number of hydrogen-bond donors (Lipinski definition) is 2. The van der Waals surface area contributed by atoms with Crippen molar-refractivity contribution in [2.24, 2.45) is 0 Å². The molecule has 104 valence electrons. The van der Waals surface area contributed by atoms with Crippen LogP contribution in [0.3, 0.4) is 0 Å². The summed E-state index contributed by atoms with van der Waals surface area (Å²) in [4.78, 5) is 23.3. The van der Waals surface area contributed by atoms with E-state index in [1.165, 1.54) is 6.92 Å². The number of hydrogen-bond acceptors (Lipinski definition) is 4. The fourth-order valence-electron chi connectivity index (χ4n) is 1.45. The summed E-state index contributed by atoms with van der Waals surface area (Å²) in [5.74, 6) is -0.975. The molecule has 0 aliphatic heterocycles. The van der Waals surface area contributed by atoms with Crippen molar-refractivity contribution in [3.05, 3.63) is 30.1 Å². The Morgan fingerprint density at radius 3 is 3.00 bits per heavy atom. The van der Waals surface area contributed by atoms with Gasteiger partial charge < -0.3 is 10.1 Å². The molecular formula is C13H19N3O3. The lowest BCUT2D eigenvalue weighted by atomic mass is 10.2. The van der Waals surface area contributed by atoms with Crippen LogP contribution in [-0.4, -0.2) is 34.7 Å². The first-order valence-corrected chi connectivity index (χ1v) is 6.22. The lowest BCUT2D eigenvalue weighted by molar-refractivity contribution is -0.128. The second-order valence-electron chi connectivity index (χ2n) is 4.11. The largest absolute Gasteiger partial charge is 0.448 e. The van der Waals surface area contributed by atoms with E-state index in [0.717, 1.165) is 18.5 Å². The van der Waals surface area contributed by atoms with Gasteiger partial charge in [0, 0.05) is 12.2 Å². The molecule has 0 radical (unpaired) electrons. The molecule has 0 aliphatic rings. The van der Waals surface area contributed by atoms with E-state index >= 15 is 0 Å². The predicted octanol–water partition coefficient (Wildman–Crippen LogP) is 1.21. The molecule has 0 saturated heterocycles. The van der Waals surface area contributed by atoms with Gasteiger partial charge in [0.2, 0.25) is 0 Å². The van der Waals surface area contributed by atoms with E-state index in [0.29, 0.717) is 6.54 Å². The van der Waals surface area contributed by atoms with E-state index in [1.54, 1.807) is 12.1 Å². The fraction of sp³-hybridized carbons (Fsp3) is 0.462. The minimum atomic E-state index is -0.862. The predicted molar refractivity (Wildman–Crippen MR) is 70.7 cm³/mol. The lowest BCUT2D eigenvalue weighted by Gasteiger charge is -2.11. The molecule has 1 aromatic rings. The summed E-state index contributed by atoms with van der Waals surface area (Å²) < 4.78 is 5.02. The summed E-state index contributed by atoms with van der Waals surface area (Å²) in [6, 6.07) is 1.64. The number of nitrogens with one attached hydrogen (secondary N) is 2. The normalized spacial score (nSPS) is 11.7. The minimum Gasteiger partial charge on any atom is -0.448 e. The van der Waals surface area contributed by atoms with Crippen molar-refractivity contribution in [2.75, 3.05) is 6.54 Å². The molecule has 0 bridgehead atoms. The van der Waals surface area contributed by atoms with Gasteiger partial charge in [-0.3, -0.25) is 9.89 Å². The maximum atomic E-state index is 11.7. The van der Waals surface area contributed by atoms with E-state index in [4.69, 9.17) is 4.74 Å². The Morgan fingerprint density at radius 2 is 2.37 bits per heavy atom. The molecule has 1 heterocycles. The molecule has 6 nitrogen and oxygen atoms in total. The first-order chi connectivity index (χ1) is 9.08. The number of rotatable bonds is 7. The van der Waals surface area contributed by atoms with Crippen molar-refractivity contribution < 1.29 is 14.3 Å². The highest BCUT2D eigenvalue weighted by Crippen LogP contribution is 2.05. The van der Waals surface area contributed by atoms with Gasteiger partial charge in [0.25, 0.3) is 5.91 Å². The maximum absolute atomic E-state index is 11.7. The van der Waals surface area contributed by atoms with Crippen molar-refractivity contribution in [2.45, 2.75) is 32.8 Å². The molecule has 0 saturated carbocycles. The van der Waals surface area contributed by atoms with Crippen LogP contribution in [0.15, 0.2) is 18.7 Å². The van der Waals surface area contributed by atoms with Crippen molar-refractivity contribution >= 4 is 11.9 Å². The Hall–Kier alpha value is -2.11. The highest BCUT2D eigenvalue weighted by atomic mass is 16.5. The van der Waals surface area contributed by atoms with Gasteiger partial charge in [-0.15, -0.1) is 6.58 Å². The molecule has 1 amide bonds. The van der Waals surface area contributed by atoms with Crippen molar-refractivity contribution in [3.8, 4) is 0 Å². The highest BCUT2D eigenvalue weighted by molar-refractivity contribution is 5.90. The van der Waals surface area contributed by atoms with Gasteiger partial charge in [0.1, 0.15) is 0 Å². The zero-order valence-electron chi connectivity index (χ0n) is 11.2. The molecule has 0 aromatic carbocycles. The number of aromatic nitrogens is 2. The molecule has 0 fully saturated rings. The monoisotopic (exact) mass is 265 g/mol. The van der Waals surface area contributed by atoms with Crippen LogP contribution in [0.25, 0.3) is 0 Å². The number of nitrogens with zero attached hydrogens (tertiary/aromatic N) is 1. The van der Waals surface area contributed by atoms with Crippen molar-refractivity contribution in [3.63, 3.8) is 0 Å². The Labute approximate surface area is 112 Å². The van der Waals surface area contributed by atoms with Crippen LogP contribution >= 0.6 is 0 Å². The zero-order valence-corrected chi connectivity index (χ0v) is 11.2. The summed E-state index contributed by atoms with van der Waals surface area (Å²) in [5.41, 5.74) is 1.06. The number of esters is 1. The van der Waals surface area contributed by atoms with Crippen LogP contribution in [0, 0.1) is 0 Å². The average Bonchev–Trinajstić information content (AvgIpc) is 2.85. The van der Waals surface area contributed by atoms with Gasteiger partial charge >= 0.3 is 5.97 Å². The Balaban J connectivity index is 2.53. The molecule has 0 spiro atoms. The SMILES string of the molecule is C=CCNC(=O)C(C)OC(=O)c1cc(CCC)[nH]n1. The topological polar surface area (TPSA) is 84.1 Å². The molecule has 1 unspecified atom stereocenters. The van der Waals surface area contributed by atoms with Gasteiger partial charge in [-0.05, 0) is 19.4 Å². The number of carbonyl (C=O) groups is 2. The molecule has 19 heavy (non-hydrogen) atoms.